The lowest BCUT2D eigenvalue weighted by molar-refractivity contribution is -0.163. The Morgan fingerprint density at radius 2 is 1.81 bits per heavy atom. The maximum absolute atomic E-state index is 12.6. The van der Waals surface area contributed by atoms with Crippen molar-refractivity contribution >= 4 is 17.9 Å². The third kappa shape index (κ3) is 5.93. The van der Waals surface area contributed by atoms with Gasteiger partial charge in [-0.05, 0) is 17.4 Å². The van der Waals surface area contributed by atoms with Crippen molar-refractivity contribution in [3.63, 3.8) is 0 Å². The highest BCUT2D eigenvalue weighted by Crippen LogP contribution is 2.50. The van der Waals surface area contributed by atoms with Crippen molar-refractivity contribution in [2.24, 2.45) is 17.3 Å². The van der Waals surface area contributed by atoms with Gasteiger partial charge in [0.2, 0.25) is 0 Å². The number of rotatable bonds is 10. The zero-order valence-electron chi connectivity index (χ0n) is 18.7. The van der Waals surface area contributed by atoms with E-state index in [1.54, 1.807) is 13.0 Å². The highest BCUT2D eigenvalue weighted by atomic mass is 16.6. The van der Waals surface area contributed by atoms with Crippen molar-refractivity contribution < 1.29 is 43.9 Å². The Kier molecular flexibility index (Phi) is 9.56. The van der Waals surface area contributed by atoms with Crippen molar-refractivity contribution in [2.75, 3.05) is 20.3 Å². The number of ether oxygens (including phenoxy) is 3. The van der Waals surface area contributed by atoms with Gasteiger partial charge in [0, 0.05) is 18.4 Å². The van der Waals surface area contributed by atoms with Crippen molar-refractivity contribution in [1.29, 1.82) is 0 Å². The van der Waals surface area contributed by atoms with Gasteiger partial charge in [0.15, 0.2) is 0 Å². The standard InChI is InChI=1S/C23H32O9/c1-8-23(6)9-17(32-22(29)13(3)16(26)11-31-15(5)25)18(14(4)21(28)30-7)20(27)19(23)12(2)10-24/h8,16-20,24,26-27H,1-4,9-11H2,5-7H3/t16-,17+,18+,19-,20+,23-/m1/s1. The molecule has 0 unspecified atom stereocenters. The van der Waals surface area contributed by atoms with E-state index < -0.39 is 66.7 Å². The molecule has 0 aliphatic heterocycles. The number of carbonyl (C=O) groups is 3. The molecule has 0 amide bonds. The number of allylic oxidation sites excluding steroid dienone is 1. The lowest BCUT2D eigenvalue weighted by Gasteiger charge is -2.50. The molecular weight excluding hydrogens is 420 g/mol. The van der Waals surface area contributed by atoms with Gasteiger partial charge < -0.3 is 29.5 Å². The molecular formula is C23H32O9. The monoisotopic (exact) mass is 452 g/mol. The first-order chi connectivity index (χ1) is 14.8. The molecule has 0 radical (unpaired) electrons. The van der Waals surface area contributed by atoms with Gasteiger partial charge >= 0.3 is 17.9 Å². The number of aliphatic hydroxyl groups is 3. The molecule has 178 valence electrons. The van der Waals surface area contributed by atoms with Crippen molar-refractivity contribution in [3.05, 3.63) is 49.1 Å². The predicted molar refractivity (Wildman–Crippen MR) is 115 cm³/mol. The molecule has 1 aliphatic carbocycles. The van der Waals surface area contributed by atoms with Crippen molar-refractivity contribution in [1.82, 2.24) is 0 Å². The summed E-state index contributed by atoms with van der Waals surface area (Å²) < 4.78 is 14.9. The van der Waals surface area contributed by atoms with E-state index >= 15 is 0 Å². The molecule has 0 heterocycles. The smallest absolute Gasteiger partial charge is 0.336 e. The second kappa shape index (κ2) is 11.2. The SMILES string of the molecule is C=C[C@]1(C)C[C@H](OC(=O)C(=C)[C@H](O)COC(C)=O)[C@H](C(=C)C(=O)OC)[C@H](O)[C@H]1C(=C)CO. The molecule has 9 heteroatoms. The summed E-state index contributed by atoms with van der Waals surface area (Å²) in [7, 11) is 1.15. The second-order valence-electron chi connectivity index (χ2n) is 8.03. The average molecular weight is 453 g/mol. The van der Waals surface area contributed by atoms with Gasteiger partial charge in [-0.15, -0.1) is 6.58 Å². The van der Waals surface area contributed by atoms with E-state index in [1.165, 1.54) is 0 Å². The van der Waals surface area contributed by atoms with Crippen molar-refractivity contribution in [2.45, 2.75) is 38.6 Å². The van der Waals surface area contributed by atoms with Gasteiger partial charge in [-0.25, -0.2) is 9.59 Å². The minimum Gasteiger partial charge on any atom is -0.466 e. The Labute approximate surface area is 187 Å². The van der Waals surface area contributed by atoms with Crippen LogP contribution in [0.15, 0.2) is 49.1 Å². The first-order valence-corrected chi connectivity index (χ1v) is 9.93. The molecule has 0 spiro atoms. The molecule has 9 nitrogen and oxygen atoms in total. The zero-order chi connectivity index (χ0) is 24.8. The molecule has 0 saturated heterocycles. The van der Waals surface area contributed by atoms with Crippen LogP contribution in [0.1, 0.15) is 20.3 Å². The van der Waals surface area contributed by atoms with E-state index in [9.17, 15) is 29.7 Å². The highest BCUT2D eigenvalue weighted by molar-refractivity contribution is 5.90. The van der Waals surface area contributed by atoms with E-state index in [-0.39, 0.29) is 17.6 Å². The summed E-state index contributed by atoms with van der Waals surface area (Å²) >= 11 is 0. The first kappa shape index (κ1) is 27.3. The van der Waals surface area contributed by atoms with E-state index in [1.807, 2.05) is 0 Å². The van der Waals surface area contributed by atoms with E-state index in [4.69, 9.17) is 9.47 Å². The Morgan fingerprint density at radius 1 is 1.22 bits per heavy atom. The molecule has 1 rings (SSSR count). The Morgan fingerprint density at radius 3 is 2.28 bits per heavy atom. The minimum absolute atomic E-state index is 0.0942. The normalized spacial score (nSPS) is 28.1. The fraction of sp³-hybridized carbons (Fsp3) is 0.522. The lowest BCUT2D eigenvalue weighted by atomic mass is 9.58. The number of methoxy groups -OCH3 is 1. The fourth-order valence-electron chi connectivity index (χ4n) is 3.98. The van der Waals surface area contributed by atoms with E-state index in [0.717, 1.165) is 14.0 Å². The molecule has 0 aromatic rings. The van der Waals surface area contributed by atoms with Crippen LogP contribution in [0.4, 0.5) is 0 Å². The molecule has 6 atom stereocenters. The van der Waals surface area contributed by atoms with Gasteiger partial charge in [0.05, 0.1) is 31.3 Å². The summed E-state index contributed by atoms with van der Waals surface area (Å²) in [6, 6.07) is 0. The van der Waals surface area contributed by atoms with Crippen molar-refractivity contribution in [3.8, 4) is 0 Å². The summed E-state index contributed by atoms with van der Waals surface area (Å²) in [6.45, 7) is 16.8. The number of esters is 3. The maximum atomic E-state index is 12.6. The van der Waals surface area contributed by atoms with Crippen LogP contribution in [-0.4, -0.2) is 71.9 Å². The van der Waals surface area contributed by atoms with Crippen LogP contribution >= 0.6 is 0 Å². The van der Waals surface area contributed by atoms with Gasteiger partial charge in [0.25, 0.3) is 0 Å². The highest BCUT2D eigenvalue weighted by Gasteiger charge is 2.53. The fourth-order valence-corrected chi connectivity index (χ4v) is 3.98. The molecule has 0 aromatic carbocycles. The molecule has 0 bridgehead atoms. The number of carbonyl (C=O) groups excluding carboxylic acids is 3. The lowest BCUT2D eigenvalue weighted by Crippen LogP contribution is -2.54. The third-order valence-corrected chi connectivity index (χ3v) is 5.79. The number of hydrogen-bond donors (Lipinski definition) is 3. The summed E-state index contributed by atoms with van der Waals surface area (Å²) in [5, 5.41) is 30.8. The molecule has 32 heavy (non-hydrogen) atoms. The largest absolute Gasteiger partial charge is 0.466 e. The van der Waals surface area contributed by atoms with E-state index in [0.29, 0.717) is 5.57 Å². The Balaban J connectivity index is 3.28. The van der Waals surface area contributed by atoms with Crippen LogP contribution in [0.3, 0.4) is 0 Å². The summed E-state index contributed by atoms with van der Waals surface area (Å²) in [5.74, 6) is -4.27. The molecule has 1 fully saturated rings. The number of hydrogen-bond acceptors (Lipinski definition) is 9. The van der Waals surface area contributed by atoms with Crippen LogP contribution in [0.5, 0.6) is 0 Å². The third-order valence-electron chi connectivity index (χ3n) is 5.79. The summed E-state index contributed by atoms with van der Waals surface area (Å²) in [6.07, 6.45) is -2.25. The molecule has 1 aliphatic rings. The quantitative estimate of drug-likeness (QED) is 0.190. The average Bonchev–Trinajstić information content (AvgIpc) is 2.75. The minimum atomic E-state index is -1.50. The second-order valence-corrected chi connectivity index (χ2v) is 8.03. The van der Waals surface area contributed by atoms with Crippen LogP contribution in [0.2, 0.25) is 0 Å². The molecule has 0 aromatic heterocycles. The number of aliphatic hydroxyl groups excluding tert-OH is 3. The topological polar surface area (TPSA) is 140 Å². The van der Waals surface area contributed by atoms with Gasteiger partial charge in [-0.1, -0.05) is 32.7 Å². The first-order valence-electron chi connectivity index (χ1n) is 9.93. The maximum Gasteiger partial charge on any atom is 0.336 e. The zero-order valence-corrected chi connectivity index (χ0v) is 18.7. The van der Waals surface area contributed by atoms with Crippen LogP contribution in [0, 0.1) is 17.3 Å². The Bertz CT molecular complexity index is 799. The summed E-state index contributed by atoms with van der Waals surface area (Å²) in [4.78, 5) is 35.8. The van der Waals surface area contributed by atoms with Crippen LogP contribution in [0.25, 0.3) is 0 Å². The Hall–Kier alpha value is -2.75. The van der Waals surface area contributed by atoms with Gasteiger partial charge in [0.1, 0.15) is 18.8 Å². The van der Waals surface area contributed by atoms with Crippen LogP contribution < -0.4 is 0 Å². The molecule has 1 saturated carbocycles. The van der Waals surface area contributed by atoms with Gasteiger partial charge in [-0.2, -0.15) is 0 Å². The van der Waals surface area contributed by atoms with Crippen LogP contribution in [-0.2, 0) is 28.6 Å². The predicted octanol–water partition coefficient (Wildman–Crippen LogP) is 0.845. The molecule has 3 N–H and O–H groups in total. The summed E-state index contributed by atoms with van der Waals surface area (Å²) in [5.41, 5.74) is -1.06. The van der Waals surface area contributed by atoms with Gasteiger partial charge in [-0.3, -0.25) is 4.79 Å². The van der Waals surface area contributed by atoms with E-state index in [2.05, 4.69) is 31.1 Å².